The number of methoxy groups -OCH3 is 1. The lowest BCUT2D eigenvalue weighted by atomic mass is 9.79. The van der Waals surface area contributed by atoms with E-state index in [0.717, 1.165) is 37.2 Å². The molecule has 4 amide bonds. The number of rotatable bonds is 14. The number of allylic oxidation sites excluding steroid dienone is 1. The van der Waals surface area contributed by atoms with E-state index in [9.17, 15) is 32.7 Å². The summed E-state index contributed by atoms with van der Waals surface area (Å²) in [7, 11) is -0.785. The van der Waals surface area contributed by atoms with Gasteiger partial charge in [0.05, 0.1) is 29.8 Å². The number of carboxylic acids is 1. The van der Waals surface area contributed by atoms with E-state index in [1.165, 1.54) is 39.7 Å². The Balaban J connectivity index is 1.07. The second kappa shape index (κ2) is 20.2. The highest BCUT2D eigenvalue weighted by Crippen LogP contribution is 2.46. The van der Waals surface area contributed by atoms with Crippen molar-refractivity contribution in [2.45, 2.75) is 119 Å². The molecule has 0 bridgehead atoms. The summed E-state index contributed by atoms with van der Waals surface area (Å²) in [6.45, 7) is 4.04. The Kier molecular flexibility index (Phi) is 14.4. The number of sulfonamides is 1. The van der Waals surface area contributed by atoms with Crippen molar-refractivity contribution in [3.8, 4) is 22.9 Å². The monoisotopic (exact) mass is 956 g/mol. The molecule has 19 heteroatoms. The molecule has 358 valence electrons. The van der Waals surface area contributed by atoms with Crippen LogP contribution in [-0.4, -0.2) is 120 Å². The third kappa shape index (κ3) is 10.7. The van der Waals surface area contributed by atoms with Gasteiger partial charge in [0.15, 0.2) is 5.13 Å². The number of aliphatic carboxylic acids is 1. The fourth-order valence-electron chi connectivity index (χ4n) is 9.23. The van der Waals surface area contributed by atoms with Crippen LogP contribution in [0.2, 0.25) is 0 Å². The number of benzene rings is 2. The zero-order chi connectivity index (χ0) is 47.5. The lowest BCUT2D eigenvalue weighted by Crippen LogP contribution is -2.59. The molecule has 2 aromatic heterocycles. The van der Waals surface area contributed by atoms with Crippen molar-refractivity contribution in [3.05, 3.63) is 72.1 Å². The van der Waals surface area contributed by atoms with Gasteiger partial charge in [-0.1, -0.05) is 49.6 Å². The Bertz CT molecular complexity index is 2610. The largest absolute Gasteiger partial charge is 0.497 e. The Labute approximate surface area is 395 Å². The summed E-state index contributed by atoms with van der Waals surface area (Å²) in [6.07, 6.45) is 8.98. The maximum Gasteiger partial charge on any atom is 0.330 e. The first kappa shape index (κ1) is 47.7. The van der Waals surface area contributed by atoms with Gasteiger partial charge < -0.3 is 40.7 Å². The van der Waals surface area contributed by atoms with E-state index in [2.05, 4.69) is 21.3 Å². The van der Waals surface area contributed by atoms with Crippen molar-refractivity contribution in [1.29, 1.82) is 0 Å². The van der Waals surface area contributed by atoms with Gasteiger partial charge in [0.1, 0.15) is 40.9 Å². The molecule has 4 aliphatic rings. The summed E-state index contributed by atoms with van der Waals surface area (Å²) in [5.74, 6) is -1.62. The van der Waals surface area contributed by atoms with E-state index in [-0.39, 0.29) is 49.2 Å². The van der Waals surface area contributed by atoms with Gasteiger partial charge in [0.2, 0.25) is 21.8 Å². The van der Waals surface area contributed by atoms with Crippen molar-refractivity contribution >= 4 is 61.2 Å². The highest BCUT2D eigenvalue weighted by molar-refractivity contribution is 7.89. The standard InChI is InChI=1S/C48H60N8O9S2/c1-29(2)49-47-53-40(28-66-47)38-24-42(35-21-20-32(64-4)22-37(35)50-38)65-33-23-41-43(57)54-48(45(59)60)25-31(48)16-9-6-5-7-12-19-36(44(58)56(41)26-33)51-46(61)52-39(30-14-13-15-30)27-55(3)67(62,63)34-17-10-8-11-18-34/h8-11,16-18,20-22,24,28-31,33,36,39,41H,5-7,12-15,19,23,25-27H2,1-4H3,(H,49,53)(H,54,57)(H,59,60)(H2,51,52,61)/t31?,33-,36+,39-,41+,48-/m1/s1. The van der Waals surface area contributed by atoms with Crippen LogP contribution in [0.5, 0.6) is 11.5 Å². The Hall–Kier alpha value is -5.79. The molecule has 5 N–H and O–H groups in total. The van der Waals surface area contributed by atoms with Gasteiger partial charge in [-0.05, 0) is 82.6 Å². The summed E-state index contributed by atoms with van der Waals surface area (Å²) in [5, 5.41) is 25.8. The minimum Gasteiger partial charge on any atom is -0.497 e. The zero-order valence-electron chi connectivity index (χ0n) is 38.3. The summed E-state index contributed by atoms with van der Waals surface area (Å²) >= 11 is 1.45. The van der Waals surface area contributed by atoms with Crippen LogP contribution in [0.25, 0.3) is 22.3 Å². The summed E-state index contributed by atoms with van der Waals surface area (Å²) in [6, 6.07) is 12.1. The van der Waals surface area contributed by atoms with Crippen molar-refractivity contribution < 1.29 is 42.2 Å². The zero-order valence-corrected chi connectivity index (χ0v) is 39.9. The number of urea groups is 1. The number of likely N-dealkylation sites (N-methyl/N-ethyl adjacent to an activating group) is 1. The number of ether oxygens (including phenoxy) is 2. The Morgan fingerprint density at radius 3 is 2.54 bits per heavy atom. The lowest BCUT2D eigenvalue weighted by molar-refractivity contribution is -0.145. The predicted octanol–water partition coefficient (Wildman–Crippen LogP) is 6.17. The molecule has 67 heavy (non-hydrogen) atoms. The molecular formula is C48H60N8O9S2. The number of carboxylic acid groups (broad SMARTS) is 1. The maximum absolute atomic E-state index is 15.0. The molecule has 3 fully saturated rings. The number of carbonyl (C=O) groups is 4. The molecule has 0 radical (unpaired) electrons. The number of nitrogens with one attached hydrogen (secondary N) is 4. The first-order valence-electron chi connectivity index (χ1n) is 23.1. The van der Waals surface area contributed by atoms with Crippen LogP contribution in [-0.2, 0) is 24.4 Å². The molecule has 17 nitrogen and oxygen atoms in total. The Morgan fingerprint density at radius 2 is 1.82 bits per heavy atom. The fraction of sp³-hybridized carbons (Fsp3) is 0.500. The average molecular weight is 957 g/mol. The summed E-state index contributed by atoms with van der Waals surface area (Å²) < 4.78 is 40.6. The normalized spacial score (nSPS) is 24.1. The quantitative estimate of drug-likeness (QED) is 0.0896. The van der Waals surface area contributed by atoms with Crippen LogP contribution < -0.4 is 30.7 Å². The molecule has 4 heterocycles. The maximum atomic E-state index is 15.0. The van der Waals surface area contributed by atoms with Gasteiger partial charge in [0, 0.05) is 60.9 Å². The number of anilines is 1. The summed E-state index contributed by atoms with van der Waals surface area (Å²) in [4.78, 5) is 67.5. The highest BCUT2D eigenvalue weighted by Gasteiger charge is 2.61. The second-order valence-corrected chi connectivity index (χ2v) is 21.3. The molecule has 0 spiro atoms. The van der Waals surface area contributed by atoms with Gasteiger partial charge in [-0.25, -0.2) is 28.0 Å². The van der Waals surface area contributed by atoms with Gasteiger partial charge >= 0.3 is 12.0 Å². The smallest absolute Gasteiger partial charge is 0.330 e. The lowest BCUT2D eigenvalue weighted by Gasteiger charge is -2.36. The highest BCUT2D eigenvalue weighted by atomic mass is 32.2. The molecule has 1 unspecified atom stereocenters. The van der Waals surface area contributed by atoms with Gasteiger partial charge in [0.25, 0.3) is 0 Å². The Morgan fingerprint density at radius 1 is 1.03 bits per heavy atom. The van der Waals surface area contributed by atoms with E-state index in [1.807, 2.05) is 37.4 Å². The molecule has 2 saturated carbocycles. The van der Waals surface area contributed by atoms with E-state index < -0.39 is 69.5 Å². The van der Waals surface area contributed by atoms with Crippen LogP contribution >= 0.6 is 11.3 Å². The molecule has 8 rings (SSSR count). The van der Waals surface area contributed by atoms with Crippen molar-refractivity contribution in [2.24, 2.45) is 11.8 Å². The number of carbonyl (C=O) groups excluding carboxylic acids is 3. The minimum atomic E-state index is -3.85. The van der Waals surface area contributed by atoms with Crippen molar-refractivity contribution in [3.63, 3.8) is 0 Å². The SMILES string of the molecule is COc1ccc2c(O[C@@H]3C[C@H]4C(=O)N[C@]5(C(=O)O)CC5C=CCCCCC[C@H](NC(=O)N[C@H](CN(C)S(=O)(=O)c5ccccc5)C5CCC5)C(=O)N4C3)cc(-c3csc(NC(C)C)n3)nc2c1. The van der Waals surface area contributed by atoms with Crippen molar-refractivity contribution in [1.82, 2.24) is 35.1 Å². The van der Waals surface area contributed by atoms with Crippen LogP contribution in [0.1, 0.15) is 78.1 Å². The number of pyridine rings is 1. The van der Waals surface area contributed by atoms with Crippen LogP contribution in [0.15, 0.2) is 77.0 Å². The summed E-state index contributed by atoms with van der Waals surface area (Å²) in [5.41, 5.74) is 0.235. The van der Waals surface area contributed by atoms with Crippen LogP contribution in [0, 0.1) is 11.8 Å². The molecule has 1 saturated heterocycles. The minimum absolute atomic E-state index is 0.0256. The predicted molar refractivity (Wildman–Crippen MR) is 254 cm³/mol. The number of nitrogens with zero attached hydrogens (tertiary/aromatic N) is 4. The van der Waals surface area contributed by atoms with E-state index >= 15 is 0 Å². The number of thiazole rings is 1. The number of hydrogen-bond donors (Lipinski definition) is 5. The molecule has 2 aromatic carbocycles. The molecule has 4 aromatic rings. The molecule has 2 aliphatic carbocycles. The topological polar surface area (TPSA) is 221 Å². The first-order chi connectivity index (χ1) is 32.1. The van der Waals surface area contributed by atoms with Crippen LogP contribution in [0.4, 0.5) is 9.93 Å². The first-order valence-corrected chi connectivity index (χ1v) is 25.5. The van der Waals surface area contributed by atoms with Crippen LogP contribution in [0.3, 0.4) is 0 Å². The average Bonchev–Trinajstić information content (AvgIpc) is 3.54. The van der Waals surface area contributed by atoms with E-state index in [0.29, 0.717) is 46.6 Å². The van der Waals surface area contributed by atoms with E-state index in [1.54, 1.807) is 43.5 Å². The molecular weight excluding hydrogens is 897 g/mol. The number of aromatic nitrogens is 2. The van der Waals surface area contributed by atoms with Gasteiger partial charge in [-0.3, -0.25) is 9.59 Å². The van der Waals surface area contributed by atoms with Gasteiger partial charge in [-0.15, -0.1) is 11.3 Å². The third-order valence-corrected chi connectivity index (χ3v) is 15.9. The van der Waals surface area contributed by atoms with Crippen molar-refractivity contribution in [2.75, 3.05) is 32.6 Å². The second-order valence-electron chi connectivity index (χ2n) is 18.4. The number of fused-ring (bicyclic) bond motifs is 3. The molecule has 2 aliphatic heterocycles. The van der Waals surface area contributed by atoms with E-state index in [4.69, 9.17) is 19.4 Å². The number of hydrogen-bond acceptors (Lipinski definition) is 12. The number of amides is 4. The molecule has 6 atom stereocenters. The fourth-order valence-corrected chi connectivity index (χ4v) is 11.3. The van der Waals surface area contributed by atoms with Gasteiger partial charge in [-0.2, -0.15) is 4.31 Å². The third-order valence-electron chi connectivity index (χ3n) is 13.3.